The van der Waals surface area contributed by atoms with E-state index >= 15 is 0 Å². The summed E-state index contributed by atoms with van der Waals surface area (Å²) in [6.07, 6.45) is 3.42. The van der Waals surface area contributed by atoms with Gasteiger partial charge in [0.25, 0.3) is 0 Å². The first-order valence-corrected chi connectivity index (χ1v) is 7.02. The number of rotatable bonds is 3. The Morgan fingerprint density at radius 1 is 1.35 bits per heavy atom. The van der Waals surface area contributed by atoms with Crippen molar-refractivity contribution in [3.63, 3.8) is 0 Å². The fourth-order valence-electron chi connectivity index (χ4n) is 2.32. The molecule has 3 rings (SSSR count). The summed E-state index contributed by atoms with van der Waals surface area (Å²) >= 11 is 11.9. The van der Waals surface area contributed by atoms with Crippen molar-refractivity contribution in [2.75, 3.05) is 13.2 Å². The molecular formula is C14H12Cl2N2O2. The second-order valence-electron chi connectivity index (χ2n) is 4.69. The Balaban J connectivity index is 2.01. The maximum Gasteiger partial charge on any atom is 0.153 e. The number of hydrogen-bond acceptors (Lipinski definition) is 3. The van der Waals surface area contributed by atoms with Crippen molar-refractivity contribution in [3.8, 4) is 5.69 Å². The fraction of sp³-hybridized carbons (Fsp3) is 0.286. The van der Waals surface area contributed by atoms with Crippen molar-refractivity contribution < 1.29 is 9.53 Å². The second-order valence-corrected chi connectivity index (χ2v) is 5.51. The molecular weight excluding hydrogens is 299 g/mol. The molecule has 1 saturated heterocycles. The molecule has 0 N–H and O–H groups in total. The molecule has 1 aliphatic rings. The number of nitrogens with zero attached hydrogens (tertiary/aromatic N) is 2. The lowest BCUT2D eigenvalue weighted by Crippen LogP contribution is -2.03. The molecule has 2 aromatic rings. The van der Waals surface area contributed by atoms with Gasteiger partial charge in [-0.05, 0) is 24.6 Å². The molecule has 6 heteroatoms. The summed E-state index contributed by atoms with van der Waals surface area (Å²) < 4.78 is 7.01. The normalized spacial score (nSPS) is 18.4. The summed E-state index contributed by atoms with van der Waals surface area (Å²) in [5, 5.41) is 5.45. The SMILES string of the molecule is O=Cc1cn(-c2ccc(Cl)c(Cl)c2)nc1C1CCOC1. The molecule has 0 aliphatic carbocycles. The van der Waals surface area contributed by atoms with Crippen LogP contribution in [0.4, 0.5) is 0 Å². The van der Waals surface area contributed by atoms with E-state index < -0.39 is 0 Å². The first kappa shape index (κ1) is 13.6. The number of ether oxygens (including phenoxy) is 1. The summed E-state index contributed by atoms with van der Waals surface area (Å²) in [5.74, 6) is 0.180. The molecule has 1 atom stereocenters. The van der Waals surface area contributed by atoms with Crippen molar-refractivity contribution in [2.24, 2.45) is 0 Å². The third-order valence-corrected chi connectivity index (χ3v) is 4.12. The summed E-state index contributed by atoms with van der Waals surface area (Å²) in [4.78, 5) is 11.2. The van der Waals surface area contributed by atoms with Crippen LogP contribution in [0.25, 0.3) is 5.69 Å². The maximum absolute atomic E-state index is 11.2. The molecule has 0 spiro atoms. The van der Waals surface area contributed by atoms with E-state index in [1.54, 1.807) is 23.0 Å². The van der Waals surface area contributed by atoms with E-state index in [4.69, 9.17) is 27.9 Å². The van der Waals surface area contributed by atoms with E-state index in [0.29, 0.717) is 28.8 Å². The molecule has 0 bridgehead atoms. The molecule has 1 aromatic carbocycles. The second kappa shape index (κ2) is 5.56. The number of benzene rings is 1. The summed E-state index contributed by atoms with van der Waals surface area (Å²) in [7, 11) is 0. The molecule has 2 heterocycles. The number of carbonyl (C=O) groups is 1. The average molecular weight is 311 g/mol. The zero-order valence-electron chi connectivity index (χ0n) is 10.6. The number of halogens is 2. The van der Waals surface area contributed by atoms with Crippen LogP contribution in [-0.2, 0) is 4.74 Å². The van der Waals surface area contributed by atoms with Crippen LogP contribution >= 0.6 is 23.2 Å². The molecule has 4 nitrogen and oxygen atoms in total. The molecule has 1 aromatic heterocycles. The Morgan fingerprint density at radius 2 is 2.20 bits per heavy atom. The van der Waals surface area contributed by atoms with Crippen LogP contribution in [0.15, 0.2) is 24.4 Å². The minimum absolute atomic E-state index is 0.180. The summed E-state index contributed by atoms with van der Waals surface area (Å²) in [6, 6.07) is 5.24. The molecule has 1 aliphatic heterocycles. The Morgan fingerprint density at radius 3 is 2.85 bits per heavy atom. The highest BCUT2D eigenvalue weighted by Crippen LogP contribution is 2.28. The molecule has 0 amide bonds. The smallest absolute Gasteiger partial charge is 0.153 e. The van der Waals surface area contributed by atoms with Gasteiger partial charge < -0.3 is 4.74 Å². The molecule has 0 radical (unpaired) electrons. The van der Waals surface area contributed by atoms with Crippen LogP contribution in [0.2, 0.25) is 10.0 Å². The van der Waals surface area contributed by atoms with Gasteiger partial charge in [-0.25, -0.2) is 4.68 Å². The monoisotopic (exact) mass is 310 g/mol. The largest absolute Gasteiger partial charge is 0.381 e. The highest BCUT2D eigenvalue weighted by atomic mass is 35.5. The highest BCUT2D eigenvalue weighted by molar-refractivity contribution is 6.42. The first-order chi connectivity index (χ1) is 9.69. The molecule has 0 saturated carbocycles. The topological polar surface area (TPSA) is 44.1 Å². The van der Waals surface area contributed by atoms with Crippen molar-refractivity contribution in [3.05, 3.63) is 45.7 Å². The fourth-order valence-corrected chi connectivity index (χ4v) is 2.61. The van der Waals surface area contributed by atoms with Crippen molar-refractivity contribution >= 4 is 29.5 Å². The standard InChI is InChI=1S/C14H12Cl2N2O2/c15-12-2-1-11(5-13(12)16)18-6-10(7-19)14(17-18)9-3-4-20-8-9/h1-2,5-7,9H,3-4,8H2. The van der Waals surface area contributed by atoms with Crippen LogP contribution in [0.3, 0.4) is 0 Å². The zero-order chi connectivity index (χ0) is 14.1. The van der Waals surface area contributed by atoms with Crippen LogP contribution < -0.4 is 0 Å². The Bertz CT molecular complexity index is 649. The number of carbonyl (C=O) groups excluding carboxylic acids is 1. The summed E-state index contributed by atoms with van der Waals surface area (Å²) in [5.41, 5.74) is 2.14. The van der Waals surface area contributed by atoms with E-state index in [1.807, 2.05) is 6.07 Å². The van der Waals surface area contributed by atoms with Crippen molar-refractivity contribution in [2.45, 2.75) is 12.3 Å². The molecule has 104 valence electrons. The van der Waals surface area contributed by atoms with Gasteiger partial charge in [0.2, 0.25) is 0 Å². The molecule has 1 unspecified atom stereocenters. The van der Waals surface area contributed by atoms with Gasteiger partial charge >= 0.3 is 0 Å². The van der Waals surface area contributed by atoms with Gasteiger partial charge in [0, 0.05) is 18.7 Å². The highest BCUT2D eigenvalue weighted by Gasteiger charge is 2.24. The van der Waals surface area contributed by atoms with Crippen LogP contribution in [0.1, 0.15) is 28.4 Å². The van der Waals surface area contributed by atoms with Gasteiger partial charge in [-0.2, -0.15) is 5.10 Å². The predicted molar refractivity (Wildman–Crippen MR) is 77.1 cm³/mol. The number of aldehydes is 1. The van der Waals surface area contributed by atoms with Gasteiger partial charge in [-0.15, -0.1) is 0 Å². The van der Waals surface area contributed by atoms with E-state index in [1.165, 1.54) is 0 Å². The first-order valence-electron chi connectivity index (χ1n) is 6.27. The van der Waals surface area contributed by atoms with E-state index in [9.17, 15) is 4.79 Å². The maximum atomic E-state index is 11.2. The Hall–Kier alpha value is -1.36. The van der Waals surface area contributed by atoms with Gasteiger partial charge in [-0.1, -0.05) is 23.2 Å². The van der Waals surface area contributed by atoms with Crippen LogP contribution in [0.5, 0.6) is 0 Å². The number of hydrogen-bond donors (Lipinski definition) is 0. The van der Waals surface area contributed by atoms with Gasteiger partial charge in [0.05, 0.1) is 33.6 Å². The Kier molecular flexibility index (Phi) is 3.78. The predicted octanol–water partition coefficient (Wildman–Crippen LogP) is 3.50. The zero-order valence-corrected chi connectivity index (χ0v) is 12.1. The lowest BCUT2D eigenvalue weighted by Gasteiger charge is -2.05. The molecule has 20 heavy (non-hydrogen) atoms. The van der Waals surface area contributed by atoms with Gasteiger partial charge in [-0.3, -0.25) is 4.79 Å². The molecule has 1 fully saturated rings. The van der Waals surface area contributed by atoms with E-state index in [2.05, 4.69) is 5.10 Å². The van der Waals surface area contributed by atoms with Crippen molar-refractivity contribution in [1.29, 1.82) is 0 Å². The van der Waals surface area contributed by atoms with Crippen LogP contribution in [-0.4, -0.2) is 29.3 Å². The van der Waals surface area contributed by atoms with Crippen molar-refractivity contribution in [1.82, 2.24) is 9.78 Å². The summed E-state index contributed by atoms with van der Waals surface area (Å²) in [6.45, 7) is 1.32. The van der Waals surface area contributed by atoms with Gasteiger partial charge in [0.15, 0.2) is 6.29 Å². The lowest BCUT2D eigenvalue weighted by atomic mass is 10.0. The van der Waals surface area contributed by atoms with Gasteiger partial charge in [0.1, 0.15) is 0 Å². The average Bonchev–Trinajstić information content (AvgIpc) is 3.09. The van der Waals surface area contributed by atoms with Crippen LogP contribution in [0, 0.1) is 0 Å². The minimum atomic E-state index is 0.180. The Labute approximate surface area is 126 Å². The third-order valence-electron chi connectivity index (χ3n) is 3.38. The third kappa shape index (κ3) is 2.46. The number of aromatic nitrogens is 2. The van der Waals surface area contributed by atoms with E-state index in [0.717, 1.165) is 24.1 Å². The minimum Gasteiger partial charge on any atom is -0.381 e. The van der Waals surface area contributed by atoms with E-state index in [-0.39, 0.29) is 5.92 Å². The quantitative estimate of drug-likeness (QED) is 0.815. The lowest BCUT2D eigenvalue weighted by molar-refractivity contribution is 0.112.